The van der Waals surface area contributed by atoms with Crippen LogP contribution in [0.1, 0.15) is 5.69 Å². The minimum Gasteiger partial charge on any atom is -0.227 e. The van der Waals surface area contributed by atoms with E-state index in [0.29, 0.717) is 5.69 Å². The van der Waals surface area contributed by atoms with Crippen molar-refractivity contribution < 1.29 is 0 Å². The van der Waals surface area contributed by atoms with Crippen LogP contribution in [0.3, 0.4) is 0 Å². The van der Waals surface area contributed by atoms with Crippen LogP contribution in [0, 0.1) is 11.3 Å². The van der Waals surface area contributed by atoms with Gasteiger partial charge in [0.15, 0.2) is 5.69 Å². The van der Waals surface area contributed by atoms with Crippen LogP contribution in [0.2, 0.25) is 0 Å². The van der Waals surface area contributed by atoms with Gasteiger partial charge in [-0.3, -0.25) is 0 Å². The predicted molar refractivity (Wildman–Crippen MR) is 31.1 cm³/mol. The molecule has 0 fully saturated rings. The third-order valence-electron chi connectivity index (χ3n) is 0.812. The smallest absolute Gasteiger partial charge is 0.183 e. The molecule has 0 aliphatic heterocycles. The summed E-state index contributed by atoms with van der Waals surface area (Å²) in [6.07, 6.45) is 2.96. The van der Waals surface area contributed by atoms with E-state index in [1.54, 1.807) is 0 Å². The van der Waals surface area contributed by atoms with Crippen molar-refractivity contribution >= 4 is 6.20 Å². The van der Waals surface area contributed by atoms with Gasteiger partial charge in [0.25, 0.3) is 0 Å². The predicted octanol–water partition coefficient (Wildman–Crippen LogP) is 0.250. The molecule has 0 saturated carbocycles. The second kappa shape index (κ2) is 2.09. The third kappa shape index (κ3) is 0.941. The van der Waals surface area contributed by atoms with Crippen LogP contribution >= 0.6 is 0 Å². The first-order chi connectivity index (χ1) is 4.36. The average molecular weight is 120 g/mol. The van der Waals surface area contributed by atoms with Crippen LogP contribution in [-0.4, -0.2) is 15.0 Å². The van der Waals surface area contributed by atoms with Gasteiger partial charge in [0.2, 0.25) is 0 Å². The second-order valence-electron chi connectivity index (χ2n) is 1.38. The average Bonchev–Trinajstić information content (AvgIpc) is 2.34. The molecule has 1 aromatic heterocycles. The Morgan fingerprint density at radius 2 is 2.67 bits per heavy atom. The maximum atomic E-state index is 8.25. The molecule has 0 amide bonds. The van der Waals surface area contributed by atoms with E-state index in [2.05, 4.69) is 16.9 Å². The molecule has 0 aliphatic carbocycles. The normalized spacial score (nSPS) is 8.33. The summed E-state index contributed by atoms with van der Waals surface area (Å²) in [5.41, 5.74) is 0.301. The number of nitrogens with zero attached hydrogens (tertiary/aromatic N) is 4. The molecular weight excluding hydrogens is 116 g/mol. The molecule has 1 heterocycles. The van der Waals surface area contributed by atoms with Crippen LogP contribution in [0.25, 0.3) is 6.20 Å². The standard InChI is InChI=1S/C5H4N4/c1-2-9-4-5(3-6)7-8-9/h2,4H,1H2. The topological polar surface area (TPSA) is 54.5 Å². The summed E-state index contributed by atoms with van der Waals surface area (Å²) in [7, 11) is 0. The molecule has 44 valence electrons. The van der Waals surface area contributed by atoms with E-state index in [1.165, 1.54) is 17.1 Å². The number of nitriles is 1. The first-order valence-electron chi connectivity index (χ1n) is 2.31. The van der Waals surface area contributed by atoms with Gasteiger partial charge in [0.05, 0.1) is 6.20 Å². The van der Waals surface area contributed by atoms with Crippen molar-refractivity contribution in [1.82, 2.24) is 15.0 Å². The molecule has 0 bridgehead atoms. The van der Waals surface area contributed by atoms with E-state index in [-0.39, 0.29) is 0 Å². The fourth-order valence-electron chi connectivity index (χ4n) is 0.417. The molecule has 1 rings (SSSR count). The summed E-state index contributed by atoms with van der Waals surface area (Å²) in [6, 6.07) is 1.84. The van der Waals surface area contributed by atoms with Gasteiger partial charge in [-0.25, -0.2) is 4.68 Å². The van der Waals surface area contributed by atoms with Crippen LogP contribution in [0.4, 0.5) is 0 Å². The fourth-order valence-corrected chi connectivity index (χ4v) is 0.417. The Bertz CT molecular complexity index is 254. The van der Waals surface area contributed by atoms with Crippen molar-refractivity contribution in [2.45, 2.75) is 0 Å². The maximum Gasteiger partial charge on any atom is 0.183 e. The number of hydrogen-bond donors (Lipinski definition) is 0. The van der Waals surface area contributed by atoms with E-state index in [4.69, 9.17) is 5.26 Å². The number of aromatic nitrogens is 3. The van der Waals surface area contributed by atoms with E-state index >= 15 is 0 Å². The molecule has 0 atom stereocenters. The van der Waals surface area contributed by atoms with Crippen molar-refractivity contribution in [1.29, 1.82) is 5.26 Å². The first kappa shape index (κ1) is 5.51. The van der Waals surface area contributed by atoms with Gasteiger partial charge < -0.3 is 0 Å². The minimum absolute atomic E-state index is 0.301. The summed E-state index contributed by atoms with van der Waals surface area (Å²) < 4.78 is 1.37. The van der Waals surface area contributed by atoms with Gasteiger partial charge in [-0.2, -0.15) is 5.26 Å². The highest BCUT2D eigenvalue weighted by molar-refractivity contribution is 5.20. The lowest BCUT2D eigenvalue weighted by Crippen LogP contribution is -1.83. The molecule has 1 aromatic rings. The van der Waals surface area contributed by atoms with Crippen molar-refractivity contribution in [2.24, 2.45) is 0 Å². The van der Waals surface area contributed by atoms with Crippen molar-refractivity contribution in [3.8, 4) is 6.07 Å². The summed E-state index contributed by atoms with van der Waals surface area (Å²) in [4.78, 5) is 0. The Balaban J connectivity index is 3.03. The van der Waals surface area contributed by atoms with Crippen LogP contribution < -0.4 is 0 Å². The molecule has 0 aromatic carbocycles. The Hall–Kier alpha value is -1.63. The highest BCUT2D eigenvalue weighted by Gasteiger charge is 1.92. The highest BCUT2D eigenvalue weighted by atomic mass is 15.4. The molecule has 0 unspecified atom stereocenters. The quantitative estimate of drug-likeness (QED) is 0.533. The Morgan fingerprint density at radius 3 is 3.00 bits per heavy atom. The summed E-state index contributed by atoms with van der Waals surface area (Å²) >= 11 is 0. The van der Waals surface area contributed by atoms with Crippen molar-refractivity contribution in [3.05, 3.63) is 18.5 Å². The van der Waals surface area contributed by atoms with Crippen molar-refractivity contribution in [2.75, 3.05) is 0 Å². The van der Waals surface area contributed by atoms with Gasteiger partial charge in [-0.15, -0.1) is 5.10 Å². The maximum absolute atomic E-state index is 8.25. The monoisotopic (exact) mass is 120 g/mol. The van der Waals surface area contributed by atoms with Gasteiger partial charge >= 0.3 is 0 Å². The largest absolute Gasteiger partial charge is 0.227 e. The van der Waals surface area contributed by atoms with Gasteiger partial charge in [0.1, 0.15) is 6.07 Å². The Morgan fingerprint density at radius 1 is 1.89 bits per heavy atom. The lowest BCUT2D eigenvalue weighted by atomic mass is 10.5. The van der Waals surface area contributed by atoms with Gasteiger partial charge in [0, 0.05) is 6.20 Å². The summed E-state index contributed by atoms with van der Waals surface area (Å²) in [5, 5.41) is 15.3. The van der Waals surface area contributed by atoms with Crippen LogP contribution in [0.15, 0.2) is 12.8 Å². The van der Waals surface area contributed by atoms with Crippen LogP contribution in [-0.2, 0) is 0 Å². The molecule has 0 radical (unpaired) electrons. The van der Waals surface area contributed by atoms with E-state index < -0.39 is 0 Å². The van der Waals surface area contributed by atoms with E-state index in [1.807, 2.05) is 6.07 Å². The SMILES string of the molecule is C=Cn1cc(C#N)nn1. The van der Waals surface area contributed by atoms with Gasteiger partial charge in [-0.05, 0) is 0 Å². The molecule has 0 spiro atoms. The number of hydrogen-bond acceptors (Lipinski definition) is 3. The molecule has 4 heteroatoms. The molecular formula is C5H4N4. The molecule has 0 aliphatic rings. The second-order valence-corrected chi connectivity index (χ2v) is 1.38. The lowest BCUT2D eigenvalue weighted by Gasteiger charge is -1.78. The molecule has 9 heavy (non-hydrogen) atoms. The lowest BCUT2D eigenvalue weighted by molar-refractivity contribution is 0.840. The third-order valence-corrected chi connectivity index (χ3v) is 0.812. The molecule has 4 nitrogen and oxygen atoms in total. The highest BCUT2D eigenvalue weighted by Crippen LogP contribution is 1.87. The Labute approximate surface area is 52.0 Å². The minimum atomic E-state index is 0.301. The summed E-state index contributed by atoms with van der Waals surface area (Å²) in [6.45, 7) is 3.43. The zero-order valence-corrected chi connectivity index (χ0v) is 4.65. The van der Waals surface area contributed by atoms with E-state index in [0.717, 1.165) is 0 Å². The fraction of sp³-hybridized carbons (Fsp3) is 0. The zero-order chi connectivity index (χ0) is 6.69. The summed E-state index contributed by atoms with van der Waals surface area (Å²) in [5.74, 6) is 0. The first-order valence-corrected chi connectivity index (χ1v) is 2.31. The van der Waals surface area contributed by atoms with E-state index in [9.17, 15) is 0 Å². The molecule has 0 N–H and O–H groups in total. The molecule has 0 saturated heterocycles. The zero-order valence-electron chi connectivity index (χ0n) is 4.65. The Kier molecular flexibility index (Phi) is 1.28. The van der Waals surface area contributed by atoms with Crippen LogP contribution in [0.5, 0.6) is 0 Å². The van der Waals surface area contributed by atoms with Crippen molar-refractivity contribution in [3.63, 3.8) is 0 Å². The van der Waals surface area contributed by atoms with Gasteiger partial charge in [-0.1, -0.05) is 11.8 Å². The number of rotatable bonds is 1.